The SMILES string of the molecule is Clc1nnc(CN2CCN(c3ccccn3)CC2)s1. The van der Waals surface area contributed by atoms with Crippen molar-refractivity contribution in [1.29, 1.82) is 0 Å². The molecule has 0 bridgehead atoms. The molecule has 0 radical (unpaired) electrons. The second-order valence-electron chi connectivity index (χ2n) is 4.40. The highest BCUT2D eigenvalue weighted by atomic mass is 35.5. The number of piperazine rings is 1. The van der Waals surface area contributed by atoms with Crippen molar-refractivity contribution in [3.63, 3.8) is 0 Å². The van der Waals surface area contributed by atoms with Gasteiger partial charge < -0.3 is 4.90 Å². The van der Waals surface area contributed by atoms with E-state index < -0.39 is 0 Å². The minimum atomic E-state index is 0.516. The van der Waals surface area contributed by atoms with Crippen LogP contribution in [0.1, 0.15) is 5.01 Å². The molecule has 100 valence electrons. The van der Waals surface area contributed by atoms with Gasteiger partial charge in [0.25, 0.3) is 0 Å². The molecule has 0 saturated carbocycles. The van der Waals surface area contributed by atoms with Crippen molar-refractivity contribution in [3.05, 3.63) is 33.9 Å². The van der Waals surface area contributed by atoms with Gasteiger partial charge in [-0.15, -0.1) is 10.2 Å². The van der Waals surface area contributed by atoms with Crippen molar-refractivity contribution in [3.8, 4) is 0 Å². The van der Waals surface area contributed by atoms with E-state index in [1.165, 1.54) is 11.3 Å². The van der Waals surface area contributed by atoms with Crippen molar-refractivity contribution in [2.45, 2.75) is 6.54 Å². The highest BCUT2D eigenvalue weighted by Crippen LogP contribution is 2.18. The average Bonchev–Trinajstić information content (AvgIpc) is 2.86. The first-order valence-corrected chi connectivity index (χ1v) is 7.37. The van der Waals surface area contributed by atoms with Crippen LogP contribution in [0.3, 0.4) is 0 Å². The molecule has 1 fully saturated rings. The van der Waals surface area contributed by atoms with Gasteiger partial charge in [-0.25, -0.2) is 4.98 Å². The number of halogens is 1. The Kier molecular flexibility index (Phi) is 3.91. The van der Waals surface area contributed by atoms with Crippen molar-refractivity contribution in [1.82, 2.24) is 20.1 Å². The quantitative estimate of drug-likeness (QED) is 0.865. The van der Waals surface area contributed by atoms with Crippen LogP contribution >= 0.6 is 22.9 Å². The Bertz CT molecular complexity index is 524. The molecule has 0 aliphatic carbocycles. The highest BCUT2D eigenvalue weighted by Gasteiger charge is 2.18. The minimum absolute atomic E-state index is 0.516. The summed E-state index contributed by atoms with van der Waals surface area (Å²) in [6, 6.07) is 6.02. The largest absolute Gasteiger partial charge is 0.354 e. The number of hydrogen-bond donors (Lipinski definition) is 0. The van der Waals surface area contributed by atoms with E-state index >= 15 is 0 Å². The molecule has 0 N–H and O–H groups in total. The molecule has 0 spiro atoms. The lowest BCUT2D eigenvalue weighted by molar-refractivity contribution is 0.248. The van der Waals surface area contributed by atoms with Gasteiger partial charge in [0.2, 0.25) is 4.47 Å². The fraction of sp³-hybridized carbons (Fsp3) is 0.417. The van der Waals surface area contributed by atoms with Crippen LogP contribution in [-0.4, -0.2) is 46.3 Å². The summed E-state index contributed by atoms with van der Waals surface area (Å²) < 4.78 is 0.516. The monoisotopic (exact) mass is 295 g/mol. The van der Waals surface area contributed by atoms with Crippen LogP contribution < -0.4 is 4.90 Å². The second-order valence-corrected chi connectivity index (χ2v) is 6.04. The van der Waals surface area contributed by atoms with Crippen molar-refractivity contribution >= 4 is 28.8 Å². The number of rotatable bonds is 3. The Morgan fingerprint density at radius 1 is 1.16 bits per heavy atom. The first-order valence-electron chi connectivity index (χ1n) is 6.17. The molecule has 2 aromatic rings. The molecule has 0 aromatic carbocycles. The molecule has 0 atom stereocenters. The van der Waals surface area contributed by atoms with Gasteiger partial charge in [-0.05, 0) is 23.7 Å². The third-order valence-corrected chi connectivity index (χ3v) is 4.15. The Labute approximate surface area is 120 Å². The van der Waals surface area contributed by atoms with E-state index in [1.807, 2.05) is 18.3 Å². The molecule has 0 amide bonds. The molecular weight excluding hydrogens is 282 g/mol. The molecule has 2 aromatic heterocycles. The normalized spacial score (nSPS) is 16.8. The van der Waals surface area contributed by atoms with E-state index in [-0.39, 0.29) is 0 Å². The Hall–Kier alpha value is -1.24. The van der Waals surface area contributed by atoms with Crippen LogP contribution in [0.4, 0.5) is 5.82 Å². The Balaban J connectivity index is 1.55. The third kappa shape index (κ3) is 3.20. The zero-order chi connectivity index (χ0) is 13.1. The maximum atomic E-state index is 5.79. The third-order valence-electron chi connectivity index (χ3n) is 3.15. The predicted octanol–water partition coefficient (Wildman–Crippen LogP) is 1.91. The number of hydrogen-bond acceptors (Lipinski definition) is 6. The lowest BCUT2D eigenvalue weighted by atomic mass is 10.3. The fourth-order valence-corrected chi connectivity index (χ4v) is 3.07. The highest BCUT2D eigenvalue weighted by molar-refractivity contribution is 7.15. The first-order chi connectivity index (χ1) is 9.31. The minimum Gasteiger partial charge on any atom is -0.354 e. The Morgan fingerprint density at radius 2 is 2.00 bits per heavy atom. The maximum absolute atomic E-state index is 5.79. The van der Waals surface area contributed by atoms with Crippen LogP contribution in [0.2, 0.25) is 4.47 Å². The molecule has 1 aliphatic heterocycles. The van der Waals surface area contributed by atoms with Gasteiger partial charge in [0.15, 0.2) is 0 Å². The van der Waals surface area contributed by atoms with Gasteiger partial charge in [0.05, 0.1) is 6.54 Å². The summed E-state index contributed by atoms with van der Waals surface area (Å²) in [7, 11) is 0. The van der Waals surface area contributed by atoms with Gasteiger partial charge in [-0.3, -0.25) is 4.90 Å². The van der Waals surface area contributed by atoms with E-state index in [2.05, 4.69) is 31.0 Å². The van der Waals surface area contributed by atoms with E-state index in [4.69, 9.17) is 11.6 Å². The summed E-state index contributed by atoms with van der Waals surface area (Å²) in [5.74, 6) is 1.06. The van der Waals surface area contributed by atoms with E-state index in [0.29, 0.717) is 4.47 Å². The molecule has 3 heterocycles. The lowest BCUT2D eigenvalue weighted by Crippen LogP contribution is -2.46. The summed E-state index contributed by atoms with van der Waals surface area (Å²) in [6.45, 7) is 4.83. The smallest absolute Gasteiger partial charge is 0.207 e. The summed E-state index contributed by atoms with van der Waals surface area (Å²) in [6.07, 6.45) is 1.84. The van der Waals surface area contributed by atoms with Gasteiger partial charge >= 0.3 is 0 Å². The second kappa shape index (κ2) is 5.81. The molecule has 7 heteroatoms. The van der Waals surface area contributed by atoms with Crippen LogP contribution in [0.25, 0.3) is 0 Å². The predicted molar refractivity (Wildman–Crippen MR) is 76.6 cm³/mol. The van der Waals surface area contributed by atoms with Crippen LogP contribution in [0.5, 0.6) is 0 Å². The number of pyridine rings is 1. The summed E-state index contributed by atoms with van der Waals surface area (Å²) >= 11 is 7.25. The molecule has 5 nitrogen and oxygen atoms in total. The number of nitrogens with zero attached hydrogens (tertiary/aromatic N) is 5. The Morgan fingerprint density at radius 3 is 2.63 bits per heavy atom. The first kappa shape index (κ1) is 12.8. The summed E-state index contributed by atoms with van der Waals surface area (Å²) in [4.78, 5) is 9.06. The molecular formula is C12H14ClN5S. The average molecular weight is 296 g/mol. The van der Waals surface area contributed by atoms with Gasteiger partial charge in [-0.2, -0.15) is 0 Å². The molecule has 0 unspecified atom stereocenters. The van der Waals surface area contributed by atoms with Gasteiger partial charge in [0, 0.05) is 32.4 Å². The van der Waals surface area contributed by atoms with Crippen LogP contribution in [0.15, 0.2) is 24.4 Å². The van der Waals surface area contributed by atoms with Gasteiger partial charge in [0.1, 0.15) is 10.8 Å². The van der Waals surface area contributed by atoms with E-state index in [1.54, 1.807) is 0 Å². The van der Waals surface area contributed by atoms with Crippen LogP contribution in [-0.2, 0) is 6.54 Å². The molecule has 1 aliphatic rings. The van der Waals surface area contributed by atoms with Crippen molar-refractivity contribution in [2.75, 3.05) is 31.1 Å². The van der Waals surface area contributed by atoms with Crippen molar-refractivity contribution in [2.24, 2.45) is 0 Å². The fourth-order valence-electron chi connectivity index (χ4n) is 2.16. The standard InChI is InChI=1S/C12H14ClN5S/c13-12-16-15-11(19-12)9-17-5-7-18(8-6-17)10-3-1-2-4-14-10/h1-4H,5-9H2. The van der Waals surface area contributed by atoms with Crippen LogP contribution in [0, 0.1) is 0 Å². The zero-order valence-electron chi connectivity index (χ0n) is 10.4. The topological polar surface area (TPSA) is 45.2 Å². The number of aromatic nitrogens is 3. The summed E-state index contributed by atoms with van der Waals surface area (Å²) in [5, 5.41) is 8.87. The maximum Gasteiger partial charge on any atom is 0.207 e. The van der Waals surface area contributed by atoms with E-state index in [9.17, 15) is 0 Å². The van der Waals surface area contributed by atoms with Crippen molar-refractivity contribution < 1.29 is 0 Å². The number of anilines is 1. The zero-order valence-corrected chi connectivity index (χ0v) is 11.9. The van der Waals surface area contributed by atoms with Gasteiger partial charge in [-0.1, -0.05) is 17.4 Å². The van der Waals surface area contributed by atoms with E-state index in [0.717, 1.165) is 43.5 Å². The lowest BCUT2D eigenvalue weighted by Gasteiger charge is -2.34. The molecule has 19 heavy (non-hydrogen) atoms. The summed E-state index contributed by atoms with van der Waals surface area (Å²) in [5.41, 5.74) is 0. The molecule has 3 rings (SSSR count). The molecule has 1 saturated heterocycles.